The normalized spacial score (nSPS) is 19.6. The number of hydrogen-bond acceptors (Lipinski definition) is 7. The van der Waals surface area contributed by atoms with Crippen LogP contribution in [-0.2, 0) is 9.47 Å². The predicted octanol–water partition coefficient (Wildman–Crippen LogP) is 0.738. The zero-order valence-corrected chi connectivity index (χ0v) is 15.2. The van der Waals surface area contributed by atoms with Crippen LogP contribution in [0.2, 0.25) is 0 Å². The van der Waals surface area contributed by atoms with Crippen LogP contribution in [0.3, 0.4) is 0 Å². The van der Waals surface area contributed by atoms with Gasteiger partial charge in [0.1, 0.15) is 17.3 Å². The van der Waals surface area contributed by atoms with E-state index < -0.39 is 5.79 Å². The van der Waals surface area contributed by atoms with Crippen molar-refractivity contribution in [1.29, 1.82) is 0 Å². The second-order valence-corrected chi connectivity index (χ2v) is 6.82. The van der Waals surface area contributed by atoms with Crippen molar-refractivity contribution in [2.24, 2.45) is 0 Å². The summed E-state index contributed by atoms with van der Waals surface area (Å²) in [6.45, 7) is 5.97. The Balaban J connectivity index is 1.62. The molecule has 3 rings (SSSR count). The molecule has 2 aliphatic heterocycles. The molecule has 3 heterocycles. The lowest BCUT2D eigenvalue weighted by Gasteiger charge is -2.37. The molecule has 25 heavy (non-hydrogen) atoms. The third-order valence-electron chi connectivity index (χ3n) is 4.55. The molecular weight excluding hydrogens is 322 g/mol. The van der Waals surface area contributed by atoms with Crippen molar-refractivity contribution < 1.29 is 14.3 Å². The van der Waals surface area contributed by atoms with Crippen LogP contribution >= 0.6 is 0 Å². The van der Waals surface area contributed by atoms with E-state index in [2.05, 4.69) is 20.2 Å². The molecule has 0 atom stereocenters. The van der Waals surface area contributed by atoms with Crippen molar-refractivity contribution in [3.05, 3.63) is 17.6 Å². The molecule has 1 aromatic heterocycles. The summed E-state index contributed by atoms with van der Waals surface area (Å²) in [7, 11) is 4.03. The summed E-state index contributed by atoms with van der Waals surface area (Å²) in [6.07, 6.45) is 1.41. The van der Waals surface area contributed by atoms with E-state index in [-0.39, 0.29) is 5.91 Å². The van der Waals surface area contributed by atoms with Gasteiger partial charge in [-0.1, -0.05) is 0 Å². The van der Waals surface area contributed by atoms with Crippen LogP contribution in [0.4, 0.5) is 5.82 Å². The van der Waals surface area contributed by atoms with Crippen LogP contribution in [0.15, 0.2) is 6.07 Å². The van der Waals surface area contributed by atoms with E-state index in [0.29, 0.717) is 56.5 Å². The van der Waals surface area contributed by atoms with Crippen molar-refractivity contribution in [1.82, 2.24) is 19.8 Å². The third-order valence-corrected chi connectivity index (χ3v) is 4.55. The molecule has 8 nitrogen and oxygen atoms in total. The SMILES string of the molecule is Cc1nc(NCCN(C)C)cc(C(=O)N2CCC3(CC2)OCCO3)n1. The molecule has 2 saturated heterocycles. The number of aryl methyl sites for hydroxylation is 1. The maximum absolute atomic E-state index is 12.8. The van der Waals surface area contributed by atoms with Crippen LogP contribution in [0.5, 0.6) is 0 Å². The number of anilines is 1. The first-order valence-electron chi connectivity index (χ1n) is 8.79. The topological polar surface area (TPSA) is 79.8 Å². The summed E-state index contributed by atoms with van der Waals surface area (Å²) in [6, 6.07) is 1.73. The number of carbonyl (C=O) groups excluding carboxylic acids is 1. The molecule has 138 valence electrons. The first kappa shape index (κ1) is 18.0. The number of carbonyl (C=O) groups is 1. The van der Waals surface area contributed by atoms with Crippen LogP contribution in [0, 0.1) is 6.92 Å². The standard InChI is InChI=1S/C17H27N5O3/c1-13-19-14(12-15(20-13)18-6-9-21(2)3)16(23)22-7-4-17(5-8-22)24-10-11-25-17/h12H,4-11H2,1-3H3,(H,18,19,20). The van der Waals surface area contributed by atoms with Crippen LogP contribution in [-0.4, -0.2) is 85.0 Å². The van der Waals surface area contributed by atoms with Crippen molar-refractivity contribution in [3.8, 4) is 0 Å². The highest BCUT2D eigenvalue weighted by Crippen LogP contribution is 2.31. The Hall–Kier alpha value is -1.77. The number of aromatic nitrogens is 2. The highest BCUT2D eigenvalue weighted by atomic mass is 16.7. The summed E-state index contributed by atoms with van der Waals surface area (Å²) in [5, 5.41) is 3.25. The number of amides is 1. The van der Waals surface area contributed by atoms with Gasteiger partial charge in [-0.2, -0.15) is 0 Å². The maximum Gasteiger partial charge on any atom is 0.272 e. The lowest BCUT2D eigenvalue weighted by Crippen LogP contribution is -2.47. The van der Waals surface area contributed by atoms with Gasteiger partial charge in [0.05, 0.1) is 13.2 Å². The molecule has 1 spiro atoms. The van der Waals surface area contributed by atoms with Crippen molar-refractivity contribution in [2.75, 3.05) is 58.8 Å². The van der Waals surface area contributed by atoms with Gasteiger partial charge in [0.25, 0.3) is 5.91 Å². The molecular formula is C17H27N5O3. The molecule has 1 amide bonds. The quantitative estimate of drug-likeness (QED) is 0.840. The minimum Gasteiger partial charge on any atom is -0.369 e. The summed E-state index contributed by atoms with van der Waals surface area (Å²) >= 11 is 0. The fourth-order valence-corrected chi connectivity index (χ4v) is 3.17. The minimum atomic E-state index is -0.475. The molecule has 0 aromatic carbocycles. The van der Waals surface area contributed by atoms with Gasteiger partial charge in [0.2, 0.25) is 0 Å². The highest BCUT2D eigenvalue weighted by Gasteiger charge is 2.41. The number of likely N-dealkylation sites (tertiary alicyclic amines) is 1. The Labute approximate surface area is 148 Å². The molecule has 0 unspecified atom stereocenters. The summed E-state index contributed by atoms with van der Waals surface area (Å²) in [4.78, 5) is 25.4. The van der Waals surface area contributed by atoms with E-state index in [1.807, 2.05) is 19.0 Å². The van der Waals surface area contributed by atoms with Gasteiger partial charge in [-0.25, -0.2) is 9.97 Å². The van der Waals surface area contributed by atoms with Crippen LogP contribution in [0.25, 0.3) is 0 Å². The lowest BCUT2D eigenvalue weighted by atomic mass is 10.0. The average Bonchev–Trinajstić information content (AvgIpc) is 3.02. The molecule has 0 bridgehead atoms. The van der Waals surface area contributed by atoms with Crippen molar-refractivity contribution in [3.63, 3.8) is 0 Å². The summed E-state index contributed by atoms with van der Waals surface area (Å²) in [5.41, 5.74) is 0.434. The Morgan fingerprint density at radius 2 is 1.96 bits per heavy atom. The van der Waals surface area contributed by atoms with Crippen molar-refractivity contribution >= 4 is 11.7 Å². The molecule has 0 radical (unpaired) electrons. The number of nitrogens with one attached hydrogen (secondary N) is 1. The summed E-state index contributed by atoms with van der Waals surface area (Å²) in [5.74, 6) is 0.744. The Kier molecular flexibility index (Phi) is 5.51. The van der Waals surface area contributed by atoms with Gasteiger partial charge in [-0.15, -0.1) is 0 Å². The van der Waals surface area contributed by atoms with Gasteiger partial charge in [0, 0.05) is 45.1 Å². The number of rotatable bonds is 5. The van der Waals surface area contributed by atoms with E-state index in [1.165, 1.54) is 0 Å². The molecule has 1 aromatic rings. The molecule has 2 fully saturated rings. The smallest absolute Gasteiger partial charge is 0.272 e. The first-order valence-corrected chi connectivity index (χ1v) is 8.79. The van der Waals surface area contributed by atoms with Gasteiger partial charge in [-0.3, -0.25) is 4.79 Å². The molecule has 8 heteroatoms. The Bertz CT molecular complexity index is 606. The second kappa shape index (κ2) is 7.63. The maximum atomic E-state index is 12.8. The number of piperidine rings is 1. The van der Waals surface area contributed by atoms with Gasteiger partial charge in [-0.05, 0) is 21.0 Å². The minimum absolute atomic E-state index is 0.0611. The van der Waals surface area contributed by atoms with Gasteiger partial charge >= 0.3 is 0 Å². The molecule has 2 aliphatic rings. The van der Waals surface area contributed by atoms with E-state index >= 15 is 0 Å². The Morgan fingerprint density at radius 3 is 2.60 bits per heavy atom. The Morgan fingerprint density at radius 1 is 1.28 bits per heavy atom. The van der Waals surface area contributed by atoms with E-state index in [1.54, 1.807) is 13.0 Å². The van der Waals surface area contributed by atoms with Gasteiger partial charge < -0.3 is 24.6 Å². The third kappa shape index (κ3) is 4.45. The number of nitrogens with zero attached hydrogens (tertiary/aromatic N) is 4. The largest absolute Gasteiger partial charge is 0.369 e. The highest BCUT2D eigenvalue weighted by molar-refractivity contribution is 5.93. The average molecular weight is 349 g/mol. The number of hydrogen-bond donors (Lipinski definition) is 1. The zero-order chi connectivity index (χ0) is 17.9. The summed E-state index contributed by atoms with van der Waals surface area (Å²) < 4.78 is 11.4. The monoisotopic (exact) mass is 349 g/mol. The fraction of sp³-hybridized carbons (Fsp3) is 0.706. The van der Waals surface area contributed by atoms with Crippen LogP contribution in [0.1, 0.15) is 29.2 Å². The van der Waals surface area contributed by atoms with E-state index in [0.717, 1.165) is 13.1 Å². The molecule has 0 saturated carbocycles. The van der Waals surface area contributed by atoms with Crippen molar-refractivity contribution in [2.45, 2.75) is 25.6 Å². The lowest BCUT2D eigenvalue weighted by molar-refractivity contribution is -0.181. The predicted molar refractivity (Wildman–Crippen MR) is 93.6 cm³/mol. The fourth-order valence-electron chi connectivity index (χ4n) is 3.17. The molecule has 0 aliphatic carbocycles. The van der Waals surface area contributed by atoms with E-state index in [4.69, 9.17) is 9.47 Å². The molecule has 1 N–H and O–H groups in total. The van der Waals surface area contributed by atoms with Gasteiger partial charge in [0.15, 0.2) is 5.79 Å². The second-order valence-electron chi connectivity index (χ2n) is 6.82. The van der Waals surface area contributed by atoms with E-state index in [9.17, 15) is 4.79 Å². The zero-order valence-electron chi connectivity index (χ0n) is 15.2. The van der Waals surface area contributed by atoms with Crippen LogP contribution < -0.4 is 5.32 Å². The number of ether oxygens (including phenoxy) is 2. The number of likely N-dealkylation sites (N-methyl/N-ethyl adjacent to an activating group) is 1. The first-order chi connectivity index (χ1) is 12.0.